The Kier molecular flexibility index (Phi) is 3.10. The maximum Gasteiger partial charge on any atom is 0.163 e. The molecule has 0 bridgehead atoms. The van der Waals surface area contributed by atoms with Gasteiger partial charge in [-0.05, 0) is 18.4 Å². The van der Waals surface area contributed by atoms with Gasteiger partial charge in [-0.1, -0.05) is 13.8 Å². The van der Waals surface area contributed by atoms with Gasteiger partial charge in [-0.3, -0.25) is 9.58 Å². The molecule has 108 valence electrons. The summed E-state index contributed by atoms with van der Waals surface area (Å²) in [4.78, 5) is 11.5. The van der Waals surface area contributed by atoms with E-state index in [1.54, 1.807) is 10.9 Å². The first-order chi connectivity index (χ1) is 9.48. The van der Waals surface area contributed by atoms with Gasteiger partial charge in [-0.15, -0.1) is 0 Å². The zero-order valence-electron chi connectivity index (χ0n) is 12.2. The molecule has 1 fully saturated rings. The molecule has 0 atom stereocenters. The fourth-order valence-corrected chi connectivity index (χ4v) is 2.81. The number of rotatable bonds is 3. The van der Waals surface area contributed by atoms with Crippen molar-refractivity contribution < 1.29 is 0 Å². The number of nitrogens with zero attached hydrogens (tertiary/aromatic N) is 5. The second-order valence-corrected chi connectivity index (χ2v) is 6.26. The monoisotopic (exact) mass is 275 g/mol. The highest BCUT2D eigenvalue weighted by molar-refractivity contribution is 5.86. The number of hydrogen-bond acceptors (Lipinski definition) is 6. The predicted molar refractivity (Wildman–Crippen MR) is 77.8 cm³/mol. The molecule has 0 spiro atoms. The molecule has 0 aromatic carbocycles. The van der Waals surface area contributed by atoms with Gasteiger partial charge in [-0.2, -0.15) is 5.10 Å². The summed E-state index contributed by atoms with van der Waals surface area (Å²) in [5, 5.41) is 5.05. The van der Waals surface area contributed by atoms with Crippen LogP contribution in [-0.4, -0.2) is 37.7 Å². The van der Waals surface area contributed by atoms with E-state index in [-0.39, 0.29) is 0 Å². The quantitative estimate of drug-likeness (QED) is 0.639. The largest absolute Gasteiger partial charge is 0.308 e. The summed E-state index contributed by atoms with van der Waals surface area (Å²) in [5.41, 5.74) is 3.83. The lowest BCUT2D eigenvalue weighted by Gasteiger charge is -2.19. The minimum Gasteiger partial charge on any atom is -0.308 e. The van der Waals surface area contributed by atoms with Crippen LogP contribution in [0.25, 0.3) is 11.0 Å². The van der Waals surface area contributed by atoms with Gasteiger partial charge in [0.2, 0.25) is 0 Å². The number of nitrogens with two attached hydrogens (primary N) is 1. The molecule has 0 unspecified atom stereocenters. The van der Waals surface area contributed by atoms with Gasteiger partial charge >= 0.3 is 0 Å². The highest BCUT2D eigenvalue weighted by atomic mass is 15.3. The van der Waals surface area contributed by atoms with Crippen LogP contribution in [0.1, 0.15) is 26.1 Å². The first kappa shape index (κ1) is 13.3. The van der Waals surface area contributed by atoms with Crippen molar-refractivity contribution in [2.24, 2.45) is 18.3 Å². The summed E-state index contributed by atoms with van der Waals surface area (Å²) < 4.78 is 1.75. The van der Waals surface area contributed by atoms with Gasteiger partial charge in [0.15, 0.2) is 11.5 Å². The van der Waals surface area contributed by atoms with Crippen LogP contribution in [-0.2, 0) is 13.6 Å². The Morgan fingerprint density at radius 1 is 1.40 bits per heavy atom. The lowest BCUT2D eigenvalue weighted by molar-refractivity contribution is 0.279. The molecular formula is C13H21N7. The van der Waals surface area contributed by atoms with Crippen molar-refractivity contribution in [2.45, 2.75) is 26.8 Å². The van der Waals surface area contributed by atoms with Crippen LogP contribution in [0.4, 0.5) is 5.82 Å². The van der Waals surface area contributed by atoms with Crippen molar-refractivity contribution in [1.82, 2.24) is 24.6 Å². The van der Waals surface area contributed by atoms with Crippen LogP contribution in [0.3, 0.4) is 0 Å². The van der Waals surface area contributed by atoms with Crippen molar-refractivity contribution in [1.29, 1.82) is 0 Å². The van der Waals surface area contributed by atoms with E-state index in [1.165, 1.54) is 6.42 Å². The van der Waals surface area contributed by atoms with E-state index >= 15 is 0 Å². The minimum atomic E-state index is 0.381. The van der Waals surface area contributed by atoms with E-state index in [1.807, 2.05) is 7.05 Å². The lowest BCUT2D eigenvalue weighted by atomic mass is 9.93. The Labute approximate surface area is 118 Å². The molecular weight excluding hydrogens is 254 g/mol. The topological polar surface area (TPSA) is 84.9 Å². The van der Waals surface area contributed by atoms with E-state index < -0.39 is 0 Å². The number of aromatic nitrogens is 4. The molecule has 3 rings (SSSR count). The number of hydrogen-bond donors (Lipinski definition) is 2. The van der Waals surface area contributed by atoms with Crippen molar-refractivity contribution in [3.63, 3.8) is 0 Å². The predicted octanol–water partition coefficient (Wildman–Crippen LogP) is 0.881. The van der Waals surface area contributed by atoms with Gasteiger partial charge in [0.05, 0.1) is 18.1 Å². The number of hydrazine groups is 1. The fourth-order valence-electron chi connectivity index (χ4n) is 2.81. The number of anilines is 1. The Hall–Kier alpha value is -1.73. The van der Waals surface area contributed by atoms with E-state index in [4.69, 9.17) is 5.84 Å². The maximum absolute atomic E-state index is 5.55. The average molecular weight is 275 g/mol. The summed E-state index contributed by atoms with van der Waals surface area (Å²) in [6, 6.07) is 0. The Morgan fingerprint density at radius 2 is 2.20 bits per heavy atom. The number of fused-ring (bicyclic) bond motifs is 1. The van der Waals surface area contributed by atoms with Gasteiger partial charge < -0.3 is 5.43 Å². The zero-order valence-corrected chi connectivity index (χ0v) is 12.2. The Balaban J connectivity index is 1.90. The van der Waals surface area contributed by atoms with E-state index in [9.17, 15) is 0 Å². The number of aryl methyl sites for hydroxylation is 1. The van der Waals surface area contributed by atoms with Crippen molar-refractivity contribution in [3.05, 3.63) is 12.0 Å². The minimum absolute atomic E-state index is 0.381. The molecule has 20 heavy (non-hydrogen) atoms. The van der Waals surface area contributed by atoms with Crippen LogP contribution in [0.2, 0.25) is 0 Å². The summed E-state index contributed by atoms with van der Waals surface area (Å²) in [5.74, 6) is 6.97. The van der Waals surface area contributed by atoms with Gasteiger partial charge in [0, 0.05) is 13.6 Å². The fraction of sp³-hybridized carbons (Fsp3) is 0.615. The second-order valence-electron chi connectivity index (χ2n) is 6.26. The molecule has 0 saturated carbocycles. The highest BCUT2D eigenvalue weighted by Crippen LogP contribution is 2.29. The standard InChI is InChI=1S/C13H21N7/c1-13(2)4-5-20(8-13)7-10-16-11(18-14)9-6-15-19(3)12(9)17-10/h6H,4-5,7-8,14H2,1-3H3,(H,16,17,18). The first-order valence-corrected chi connectivity index (χ1v) is 6.86. The number of nitrogens with one attached hydrogen (secondary N) is 1. The first-order valence-electron chi connectivity index (χ1n) is 6.86. The molecule has 0 amide bonds. The second kappa shape index (κ2) is 4.68. The highest BCUT2D eigenvalue weighted by Gasteiger charge is 2.29. The van der Waals surface area contributed by atoms with Crippen LogP contribution in [0.15, 0.2) is 6.20 Å². The summed E-state index contributed by atoms with van der Waals surface area (Å²) >= 11 is 0. The SMILES string of the molecule is Cn1ncc2c(NN)nc(CN3CCC(C)(C)C3)nc21. The molecule has 1 aliphatic heterocycles. The van der Waals surface area contributed by atoms with Crippen molar-refractivity contribution >= 4 is 16.9 Å². The maximum atomic E-state index is 5.55. The third-order valence-electron chi connectivity index (χ3n) is 3.90. The van der Waals surface area contributed by atoms with Crippen molar-refractivity contribution in [3.8, 4) is 0 Å². The summed E-state index contributed by atoms with van der Waals surface area (Å²) in [6.07, 6.45) is 2.94. The average Bonchev–Trinajstić information content (AvgIpc) is 2.93. The zero-order chi connectivity index (χ0) is 14.3. The van der Waals surface area contributed by atoms with Gasteiger partial charge in [0.25, 0.3) is 0 Å². The Morgan fingerprint density at radius 3 is 2.85 bits per heavy atom. The van der Waals surface area contributed by atoms with E-state index in [2.05, 4.69) is 39.2 Å². The van der Waals surface area contributed by atoms with Gasteiger partial charge in [-0.25, -0.2) is 15.8 Å². The molecule has 7 heteroatoms. The summed E-state index contributed by atoms with van der Waals surface area (Å²) in [6.45, 7) is 7.51. The number of likely N-dealkylation sites (tertiary alicyclic amines) is 1. The van der Waals surface area contributed by atoms with E-state index in [0.29, 0.717) is 11.2 Å². The third-order valence-corrected chi connectivity index (χ3v) is 3.90. The molecule has 7 nitrogen and oxygen atoms in total. The molecule has 2 aromatic heterocycles. The van der Waals surface area contributed by atoms with Crippen molar-refractivity contribution in [2.75, 3.05) is 18.5 Å². The molecule has 1 aliphatic rings. The Bertz CT molecular complexity index is 631. The van der Waals surface area contributed by atoms with Crippen LogP contribution >= 0.6 is 0 Å². The summed E-state index contributed by atoms with van der Waals surface area (Å²) in [7, 11) is 1.87. The lowest BCUT2D eigenvalue weighted by Crippen LogP contribution is -2.24. The normalized spacial score (nSPS) is 18.8. The molecule has 0 radical (unpaired) electrons. The van der Waals surface area contributed by atoms with E-state index in [0.717, 1.165) is 36.5 Å². The van der Waals surface area contributed by atoms with Gasteiger partial charge in [0.1, 0.15) is 5.82 Å². The molecule has 2 aromatic rings. The molecule has 3 N–H and O–H groups in total. The molecule has 3 heterocycles. The number of nitrogen functional groups attached to an aromatic ring is 1. The smallest absolute Gasteiger partial charge is 0.163 e. The third kappa shape index (κ3) is 2.34. The molecule has 0 aliphatic carbocycles. The van der Waals surface area contributed by atoms with Crippen LogP contribution < -0.4 is 11.3 Å². The van der Waals surface area contributed by atoms with Crippen LogP contribution in [0, 0.1) is 5.41 Å². The van der Waals surface area contributed by atoms with Crippen LogP contribution in [0.5, 0.6) is 0 Å². The molecule has 1 saturated heterocycles.